The van der Waals surface area contributed by atoms with Gasteiger partial charge in [0.15, 0.2) is 10.8 Å². The summed E-state index contributed by atoms with van der Waals surface area (Å²) in [6, 6.07) is 8.70. The maximum absolute atomic E-state index is 12.5. The van der Waals surface area contributed by atoms with Gasteiger partial charge in [-0.15, -0.1) is 10.2 Å². The lowest BCUT2D eigenvalue weighted by atomic mass is 9.84. The van der Waals surface area contributed by atoms with Crippen LogP contribution < -0.4 is 5.32 Å². The van der Waals surface area contributed by atoms with E-state index in [4.69, 9.17) is 21.1 Å². The van der Waals surface area contributed by atoms with Crippen LogP contribution in [-0.2, 0) is 19.7 Å². The molecule has 1 N–H and O–H groups in total. The van der Waals surface area contributed by atoms with Gasteiger partial charge in [0.1, 0.15) is 5.60 Å². The smallest absolute Gasteiger partial charge is 0.360 e. The Kier molecular flexibility index (Phi) is 6.29. The number of methoxy groups -OCH3 is 1. The molecule has 28 heavy (non-hydrogen) atoms. The molecule has 0 saturated heterocycles. The SMILES string of the molecule is COC(=O)c1nnc(Cl)cc1Nc1ccc(C(C)(C)C(=O)OC(C)(C)C)cc1. The average molecular weight is 406 g/mol. The highest BCUT2D eigenvalue weighted by atomic mass is 35.5. The topological polar surface area (TPSA) is 90.4 Å². The number of nitrogens with zero attached hydrogens (tertiary/aromatic N) is 2. The molecule has 0 saturated carbocycles. The number of carbonyl (C=O) groups is 2. The van der Waals surface area contributed by atoms with Crippen molar-refractivity contribution in [2.24, 2.45) is 0 Å². The van der Waals surface area contributed by atoms with Gasteiger partial charge < -0.3 is 14.8 Å². The van der Waals surface area contributed by atoms with E-state index in [9.17, 15) is 9.59 Å². The van der Waals surface area contributed by atoms with E-state index in [1.165, 1.54) is 13.2 Å². The Labute approximate surface area is 169 Å². The molecule has 0 atom stereocenters. The molecule has 0 aliphatic carbocycles. The lowest BCUT2D eigenvalue weighted by Crippen LogP contribution is -2.36. The summed E-state index contributed by atoms with van der Waals surface area (Å²) in [6.45, 7) is 9.12. The van der Waals surface area contributed by atoms with Crippen molar-refractivity contribution in [1.82, 2.24) is 10.2 Å². The second-order valence-electron chi connectivity index (χ2n) is 7.75. The number of ether oxygens (including phenoxy) is 2. The summed E-state index contributed by atoms with van der Waals surface area (Å²) in [5.74, 6) is -0.937. The van der Waals surface area contributed by atoms with Crippen molar-refractivity contribution >= 4 is 34.9 Å². The van der Waals surface area contributed by atoms with E-state index in [1.54, 1.807) is 12.1 Å². The normalized spacial score (nSPS) is 11.7. The third kappa shape index (κ3) is 5.19. The first-order chi connectivity index (χ1) is 12.9. The first-order valence-corrected chi connectivity index (χ1v) is 9.04. The van der Waals surface area contributed by atoms with Gasteiger partial charge in [-0.1, -0.05) is 23.7 Å². The number of rotatable bonds is 5. The minimum absolute atomic E-state index is 0.0186. The van der Waals surface area contributed by atoms with Crippen molar-refractivity contribution in [2.45, 2.75) is 45.6 Å². The Bertz CT molecular complexity index is 874. The van der Waals surface area contributed by atoms with Crippen LogP contribution >= 0.6 is 11.6 Å². The summed E-state index contributed by atoms with van der Waals surface area (Å²) in [5.41, 5.74) is 0.485. The van der Waals surface area contributed by atoms with E-state index >= 15 is 0 Å². The molecule has 0 bridgehead atoms. The molecule has 150 valence electrons. The Morgan fingerprint density at radius 3 is 2.18 bits per heavy atom. The molecule has 0 amide bonds. The molecule has 1 aromatic heterocycles. The predicted octanol–water partition coefficient (Wildman–Crippen LogP) is 4.28. The fourth-order valence-electron chi connectivity index (χ4n) is 2.36. The van der Waals surface area contributed by atoms with Crippen LogP contribution in [0.4, 0.5) is 11.4 Å². The molecule has 2 rings (SSSR count). The molecule has 0 fully saturated rings. The molecule has 0 aliphatic heterocycles. The van der Waals surface area contributed by atoms with E-state index in [0.29, 0.717) is 11.4 Å². The van der Waals surface area contributed by atoms with Crippen LogP contribution in [0.1, 0.15) is 50.7 Å². The van der Waals surface area contributed by atoms with Gasteiger partial charge in [-0.3, -0.25) is 4.79 Å². The van der Waals surface area contributed by atoms with Crippen molar-refractivity contribution in [3.8, 4) is 0 Å². The van der Waals surface area contributed by atoms with Crippen LogP contribution in [0, 0.1) is 0 Å². The van der Waals surface area contributed by atoms with E-state index in [2.05, 4.69) is 15.5 Å². The fourth-order valence-corrected chi connectivity index (χ4v) is 2.51. The van der Waals surface area contributed by atoms with Crippen molar-refractivity contribution in [1.29, 1.82) is 0 Å². The van der Waals surface area contributed by atoms with Gasteiger partial charge in [-0.2, -0.15) is 0 Å². The molecule has 0 unspecified atom stereocenters. The fraction of sp³-hybridized carbons (Fsp3) is 0.400. The molecular formula is C20H24ClN3O4. The highest BCUT2D eigenvalue weighted by molar-refractivity contribution is 6.29. The molecular weight excluding hydrogens is 382 g/mol. The molecule has 0 radical (unpaired) electrons. The number of halogens is 1. The number of hydrogen-bond acceptors (Lipinski definition) is 7. The number of carbonyl (C=O) groups excluding carboxylic acids is 2. The van der Waals surface area contributed by atoms with Crippen molar-refractivity contribution in [3.05, 3.63) is 46.7 Å². The van der Waals surface area contributed by atoms with E-state index in [0.717, 1.165) is 5.56 Å². The number of nitrogens with one attached hydrogen (secondary N) is 1. The maximum Gasteiger partial charge on any atom is 0.360 e. The Morgan fingerprint density at radius 2 is 1.64 bits per heavy atom. The van der Waals surface area contributed by atoms with Crippen LogP contribution in [0.5, 0.6) is 0 Å². The highest BCUT2D eigenvalue weighted by Crippen LogP contribution is 2.29. The quantitative estimate of drug-likeness (QED) is 0.742. The summed E-state index contributed by atoms with van der Waals surface area (Å²) in [4.78, 5) is 24.4. The molecule has 0 spiro atoms. The van der Waals surface area contributed by atoms with E-state index in [-0.39, 0.29) is 16.8 Å². The molecule has 1 aromatic carbocycles. The second kappa shape index (κ2) is 8.14. The monoisotopic (exact) mass is 405 g/mol. The average Bonchev–Trinajstić information content (AvgIpc) is 2.60. The minimum Gasteiger partial charge on any atom is -0.464 e. The van der Waals surface area contributed by atoms with Crippen molar-refractivity contribution in [2.75, 3.05) is 12.4 Å². The summed E-state index contributed by atoms with van der Waals surface area (Å²) in [5, 5.41) is 10.7. The molecule has 2 aromatic rings. The van der Waals surface area contributed by atoms with Gasteiger partial charge in [0.2, 0.25) is 0 Å². The van der Waals surface area contributed by atoms with Gasteiger partial charge in [-0.25, -0.2) is 4.79 Å². The van der Waals surface area contributed by atoms with Crippen LogP contribution in [0.25, 0.3) is 0 Å². The Hall–Kier alpha value is -2.67. The number of aromatic nitrogens is 2. The number of esters is 2. The lowest BCUT2D eigenvalue weighted by molar-refractivity contribution is -0.160. The predicted molar refractivity (Wildman–Crippen MR) is 107 cm³/mol. The Morgan fingerprint density at radius 1 is 1.04 bits per heavy atom. The lowest BCUT2D eigenvalue weighted by Gasteiger charge is -2.29. The first-order valence-electron chi connectivity index (χ1n) is 8.66. The van der Waals surface area contributed by atoms with Gasteiger partial charge in [-0.05, 0) is 52.3 Å². The summed E-state index contributed by atoms with van der Waals surface area (Å²) < 4.78 is 10.2. The third-order valence-electron chi connectivity index (χ3n) is 3.94. The molecule has 1 heterocycles. The number of benzene rings is 1. The highest BCUT2D eigenvalue weighted by Gasteiger charge is 2.34. The largest absolute Gasteiger partial charge is 0.464 e. The van der Waals surface area contributed by atoms with Crippen LogP contribution in [0.2, 0.25) is 5.15 Å². The molecule has 0 aliphatic rings. The van der Waals surface area contributed by atoms with Gasteiger partial charge in [0.05, 0.1) is 18.2 Å². The van der Waals surface area contributed by atoms with Gasteiger partial charge >= 0.3 is 11.9 Å². The van der Waals surface area contributed by atoms with Gasteiger partial charge in [0, 0.05) is 11.8 Å². The minimum atomic E-state index is -0.815. The van der Waals surface area contributed by atoms with Crippen LogP contribution in [-0.4, -0.2) is 34.8 Å². The second-order valence-corrected chi connectivity index (χ2v) is 8.14. The number of hydrogen-bond donors (Lipinski definition) is 1. The van der Waals surface area contributed by atoms with Crippen molar-refractivity contribution in [3.63, 3.8) is 0 Å². The summed E-state index contributed by atoms with van der Waals surface area (Å²) >= 11 is 5.89. The van der Waals surface area contributed by atoms with Gasteiger partial charge in [0.25, 0.3) is 0 Å². The zero-order chi connectivity index (χ0) is 21.1. The Balaban J connectivity index is 2.25. The van der Waals surface area contributed by atoms with E-state index in [1.807, 2.05) is 46.8 Å². The first kappa shape index (κ1) is 21.6. The standard InChI is InChI=1S/C20H24ClN3O4/c1-19(2,3)28-18(26)20(4,5)12-7-9-13(10-8-12)22-14-11-15(21)23-24-16(14)17(25)27-6/h7-11H,1-6H3,(H,22,23). The summed E-state index contributed by atoms with van der Waals surface area (Å²) in [6.07, 6.45) is 0. The zero-order valence-electron chi connectivity index (χ0n) is 16.8. The number of anilines is 2. The maximum atomic E-state index is 12.5. The van der Waals surface area contributed by atoms with Crippen molar-refractivity contribution < 1.29 is 19.1 Å². The van der Waals surface area contributed by atoms with Crippen LogP contribution in [0.15, 0.2) is 30.3 Å². The summed E-state index contributed by atoms with van der Waals surface area (Å²) in [7, 11) is 1.26. The molecule has 7 nitrogen and oxygen atoms in total. The zero-order valence-corrected chi connectivity index (χ0v) is 17.5. The third-order valence-corrected chi connectivity index (χ3v) is 4.12. The van der Waals surface area contributed by atoms with Crippen LogP contribution in [0.3, 0.4) is 0 Å². The molecule has 8 heteroatoms. The van der Waals surface area contributed by atoms with E-state index < -0.39 is 17.0 Å².